The second-order valence-electron chi connectivity index (χ2n) is 7.96. The third-order valence-electron chi connectivity index (χ3n) is 5.49. The summed E-state index contributed by atoms with van der Waals surface area (Å²) in [5, 5.41) is 1.21. The molecule has 29 heavy (non-hydrogen) atoms. The van der Waals surface area contributed by atoms with Gasteiger partial charge in [-0.3, -0.25) is 4.79 Å². The molecule has 0 bridgehead atoms. The van der Waals surface area contributed by atoms with Gasteiger partial charge in [0.1, 0.15) is 5.75 Å². The summed E-state index contributed by atoms with van der Waals surface area (Å²) < 4.78 is 8.94. The summed E-state index contributed by atoms with van der Waals surface area (Å²) in [6.45, 7) is 5.15. The van der Waals surface area contributed by atoms with Crippen LogP contribution in [0.25, 0.3) is 10.9 Å². The lowest BCUT2D eigenvalue weighted by molar-refractivity contribution is -0.129. The number of halogens is 1. The number of nitrogens with zero attached hydrogens (tertiary/aromatic N) is 2. The second-order valence-corrected chi connectivity index (χ2v) is 8.88. The maximum absolute atomic E-state index is 12.2. The standard InChI is InChI=1S/C24H29BrN2O2/c1-16(13-24(28)26(3)4)12-21-17(2)27(15-18-6-8-19(25)9-7-18)23-11-10-20(29-5)14-22(21)23/h6-11,14,16H,12-13,15H2,1-5H3/t16-/m1/s1. The number of rotatable bonds is 7. The molecule has 0 aliphatic rings. The average Bonchev–Trinajstić information content (AvgIpc) is 2.94. The fraction of sp³-hybridized carbons (Fsp3) is 0.375. The Hall–Kier alpha value is -2.27. The third kappa shape index (κ3) is 4.84. The monoisotopic (exact) mass is 456 g/mol. The van der Waals surface area contributed by atoms with Crippen LogP contribution in [-0.2, 0) is 17.8 Å². The molecule has 0 aliphatic heterocycles. The fourth-order valence-electron chi connectivity index (χ4n) is 3.79. The van der Waals surface area contributed by atoms with Crippen LogP contribution in [0.3, 0.4) is 0 Å². The lowest BCUT2D eigenvalue weighted by atomic mass is 9.95. The van der Waals surface area contributed by atoms with Gasteiger partial charge in [-0.2, -0.15) is 0 Å². The van der Waals surface area contributed by atoms with Gasteiger partial charge < -0.3 is 14.2 Å². The average molecular weight is 457 g/mol. The molecule has 0 saturated carbocycles. The van der Waals surface area contributed by atoms with Gasteiger partial charge in [0.2, 0.25) is 5.91 Å². The Labute approximate surface area is 181 Å². The quantitative estimate of drug-likeness (QED) is 0.475. The van der Waals surface area contributed by atoms with E-state index in [4.69, 9.17) is 4.74 Å². The molecule has 154 valence electrons. The highest BCUT2D eigenvalue weighted by Crippen LogP contribution is 2.32. The highest BCUT2D eigenvalue weighted by molar-refractivity contribution is 9.10. The van der Waals surface area contributed by atoms with Crippen molar-refractivity contribution in [3.8, 4) is 5.75 Å². The lowest BCUT2D eigenvalue weighted by Crippen LogP contribution is -2.24. The Bertz CT molecular complexity index is 1010. The molecule has 1 heterocycles. The number of benzene rings is 2. The first-order valence-electron chi connectivity index (χ1n) is 9.90. The fourth-order valence-corrected chi connectivity index (χ4v) is 4.06. The van der Waals surface area contributed by atoms with E-state index in [-0.39, 0.29) is 11.8 Å². The van der Waals surface area contributed by atoms with Crippen LogP contribution >= 0.6 is 15.9 Å². The summed E-state index contributed by atoms with van der Waals surface area (Å²) in [4.78, 5) is 13.8. The Balaban J connectivity index is 2.00. The SMILES string of the molecule is COc1ccc2c(c1)c(C[C@@H](C)CC(=O)N(C)C)c(C)n2Cc1ccc(Br)cc1. The molecule has 3 rings (SSSR count). The smallest absolute Gasteiger partial charge is 0.222 e. The lowest BCUT2D eigenvalue weighted by Gasteiger charge is -2.16. The largest absolute Gasteiger partial charge is 0.497 e. The van der Waals surface area contributed by atoms with Gasteiger partial charge in [0.15, 0.2) is 0 Å². The summed E-state index contributed by atoms with van der Waals surface area (Å²) in [5.41, 5.74) is 5.01. The van der Waals surface area contributed by atoms with E-state index in [1.54, 1.807) is 12.0 Å². The van der Waals surface area contributed by atoms with E-state index in [1.165, 1.54) is 27.7 Å². The Morgan fingerprint density at radius 3 is 2.48 bits per heavy atom. The van der Waals surface area contributed by atoms with Gasteiger partial charge in [0.05, 0.1) is 7.11 Å². The molecule has 0 spiro atoms. The van der Waals surface area contributed by atoms with Crippen LogP contribution in [-0.4, -0.2) is 36.6 Å². The number of methoxy groups -OCH3 is 1. The van der Waals surface area contributed by atoms with Crippen molar-refractivity contribution in [2.75, 3.05) is 21.2 Å². The molecule has 1 amide bonds. The summed E-state index contributed by atoms with van der Waals surface area (Å²) in [7, 11) is 5.33. The summed E-state index contributed by atoms with van der Waals surface area (Å²) >= 11 is 3.51. The van der Waals surface area contributed by atoms with E-state index in [2.05, 4.69) is 70.7 Å². The molecule has 5 heteroatoms. The summed E-state index contributed by atoms with van der Waals surface area (Å²) in [6, 6.07) is 14.7. The predicted molar refractivity (Wildman–Crippen MR) is 123 cm³/mol. The molecule has 1 aromatic heterocycles. The van der Waals surface area contributed by atoms with Crippen LogP contribution in [0.15, 0.2) is 46.9 Å². The minimum Gasteiger partial charge on any atom is -0.497 e. The van der Waals surface area contributed by atoms with Crippen LogP contribution in [0.1, 0.15) is 30.2 Å². The van der Waals surface area contributed by atoms with Crippen LogP contribution in [0, 0.1) is 12.8 Å². The van der Waals surface area contributed by atoms with Crippen LogP contribution in [0.4, 0.5) is 0 Å². The maximum atomic E-state index is 12.2. The molecular weight excluding hydrogens is 428 g/mol. The number of carbonyl (C=O) groups is 1. The molecule has 1 atom stereocenters. The van der Waals surface area contributed by atoms with Crippen molar-refractivity contribution in [3.05, 3.63) is 63.8 Å². The van der Waals surface area contributed by atoms with Crippen molar-refractivity contribution in [2.24, 2.45) is 5.92 Å². The maximum Gasteiger partial charge on any atom is 0.222 e. The Morgan fingerprint density at radius 1 is 1.17 bits per heavy atom. The van der Waals surface area contributed by atoms with Crippen molar-refractivity contribution in [3.63, 3.8) is 0 Å². The van der Waals surface area contributed by atoms with Gasteiger partial charge in [0, 0.05) is 48.1 Å². The molecule has 0 fully saturated rings. The topological polar surface area (TPSA) is 34.5 Å². The van der Waals surface area contributed by atoms with Crippen molar-refractivity contribution in [2.45, 2.75) is 33.2 Å². The van der Waals surface area contributed by atoms with Gasteiger partial charge in [-0.1, -0.05) is 35.0 Å². The molecule has 4 nitrogen and oxygen atoms in total. The first-order chi connectivity index (χ1) is 13.8. The minimum atomic E-state index is 0.173. The zero-order valence-corrected chi connectivity index (χ0v) is 19.4. The van der Waals surface area contributed by atoms with Gasteiger partial charge in [0.25, 0.3) is 0 Å². The van der Waals surface area contributed by atoms with Gasteiger partial charge in [-0.15, -0.1) is 0 Å². The van der Waals surface area contributed by atoms with Crippen molar-refractivity contribution >= 4 is 32.7 Å². The number of carbonyl (C=O) groups excluding carboxylic acids is 1. The zero-order chi connectivity index (χ0) is 21.1. The number of fused-ring (bicyclic) bond motifs is 1. The first kappa shape index (κ1) is 21.4. The summed E-state index contributed by atoms with van der Waals surface area (Å²) in [6.07, 6.45) is 1.41. The van der Waals surface area contributed by atoms with Crippen LogP contribution in [0.2, 0.25) is 0 Å². The Kier molecular flexibility index (Phi) is 6.68. The molecule has 3 aromatic rings. The van der Waals surface area contributed by atoms with E-state index in [0.29, 0.717) is 6.42 Å². The second kappa shape index (κ2) is 9.04. The molecule has 2 aromatic carbocycles. The van der Waals surface area contributed by atoms with Gasteiger partial charge in [-0.05, 0) is 60.7 Å². The molecule has 0 saturated heterocycles. The molecular formula is C24H29BrN2O2. The zero-order valence-electron chi connectivity index (χ0n) is 17.8. The first-order valence-corrected chi connectivity index (χ1v) is 10.7. The molecule has 0 radical (unpaired) electrons. The highest BCUT2D eigenvalue weighted by Gasteiger charge is 2.19. The predicted octanol–water partition coefficient (Wildman–Crippen LogP) is 5.43. The van der Waals surface area contributed by atoms with E-state index < -0.39 is 0 Å². The van der Waals surface area contributed by atoms with E-state index in [1.807, 2.05) is 20.2 Å². The van der Waals surface area contributed by atoms with E-state index in [0.717, 1.165) is 23.2 Å². The van der Waals surface area contributed by atoms with Crippen molar-refractivity contribution < 1.29 is 9.53 Å². The Morgan fingerprint density at radius 2 is 1.86 bits per heavy atom. The number of amides is 1. The number of hydrogen-bond acceptors (Lipinski definition) is 2. The van der Waals surface area contributed by atoms with Crippen LogP contribution in [0.5, 0.6) is 5.75 Å². The highest BCUT2D eigenvalue weighted by atomic mass is 79.9. The van der Waals surface area contributed by atoms with Gasteiger partial charge >= 0.3 is 0 Å². The number of hydrogen-bond donors (Lipinski definition) is 0. The number of aromatic nitrogens is 1. The third-order valence-corrected chi connectivity index (χ3v) is 6.02. The van der Waals surface area contributed by atoms with E-state index >= 15 is 0 Å². The number of ether oxygens (including phenoxy) is 1. The molecule has 0 aliphatic carbocycles. The molecule has 0 N–H and O–H groups in total. The van der Waals surface area contributed by atoms with Crippen LogP contribution < -0.4 is 4.74 Å². The minimum absolute atomic E-state index is 0.173. The molecule has 0 unspecified atom stereocenters. The van der Waals surface area contributed by atoms with Gasteiger partial charge in [-0.25, -0.2) is 0 Å². The van der Waals surface area contributed by atoms with Crippen molar-refractivity contribution in [1.82, 2.24) is 9.47 Å². The summed E-state index contributed by atoms with van der Waals surface area (Å²) in [5.74, 6) is 1.30. The van der Waals surface area contributed by atoms with Crippen molar-refractivity contribution in [1.29, 1.82) is 0 Å². The van der Waals surface area contributed by atoms with E-state index in [9.17, 15) is 4.79 Å². The normalized spacial score (nSPS) is 12.2.